The molecular weight excluding hydrogens is 220 g/mol. The van der Waals surface area contributed by atoms with Crippen molar-refractivity contribution in [2.75, 3.05) is 38.6 Å². The summed E-state index contributed by atoms with van der Waals surface area (Å²) in [5, 5.41) is 0. The summed E-state index contributed by atoms with van der Waals surface area (Å²) < 4.78 is 0. The molecule has 1 heterocycles. The van der Waals surface area contributed by atoms with Crippen molar-refractivity contribution in [1.29, 1.82) is 0 Å². The van der Waals surface area contributed by atoms with E-state index in [2.05, 4.69) is 48.2 Å². The number of benzene rings is 1. The van der Waals surface area contributed by atoms with Gasteiger partial charge in [0, 0.05) is 18.8 Å². The van der Waals surface area contributed by atoms with Crippen LogP contribution in [-0.4, -0.2) is 38.6 Å². The van der Waals surface area contributed by atoms with E-state index in [4.69, 9.17) is 0 Å². The van der Waals surface area contributed by atoms with Crippen LogP contribution in [0, 0.1) is 0 Å². The van der Waals surface area contributed by atoms with Crippen LogP contribution in [0.25, 0.3) is 0 Å². The first kappa shape index (κ1) is 13.4. The lowest BCUT2D eigenvalue weighted by Gasteiger charge is -2.28. The van der Waals surface area contributed by atoms with Crippen LogP contribution < -0.4 is 4.90 Å². The topological polar surface area (TPSA) is 6.48 Å². The molecule has 0 amide bonds. The monoisotopic (exact) mass is 246 g/mol. The van der Waals surface area contributed by atoms with Crippen LogP contribution in [-0.2, 0) is 6.42 Å². The Kier molecular flexibility index (Phi) is 5.06. The summed E-state index contributed by atoms with van der Waals surface area (Å²) in [6.45, 7) is 3.65. The Balaban J connectivity index is 1.84. The summed E-state index contributed by atoms with van der Waals surface area (Å²) in [4.78, 5) is 4.77. The second kappa shape index (κ2) is 6.79. The number of anilines is 1. The number of piperidine rings is 1. The molecule has 1 aromatic carbocycles. The molecule has 0 aromatic heterocycles. The van der Waals surface area contributed by atoms with E-state index < -0.39 is 0 Å². The fourth-order valence-corrected chi connectivity index (χ4v) is 2.62. The van der Waals surface area contributed by atoms with E-state index in [1.165, 1.54) is 63.0 Å². The molecular formula is C16H26N2. The van der Waals surface area contributed by atoms with E-state index in [0.29, 0.717) is 0 Å². The highest BCUT2D eigenvalue weighted by Crippen LogP contribution is 2.20. The van der Waals surface area contributed by atoms with Gasteiger partial charge in [-0.05, 0) is 70.4 Å². The molecule has 1 aliphatic heterocycles. The predicted octanol–water partition coefficient (Wildman–Crippen LogP) is 3.17. The molecule has 1 aromatic rings. The van der Waals surface area contributed by atoms with Gasteiger partial charge in [-0.1, -0.05) is 12.1 Å². The minimum atomic E-state index is 1.17. The maximum absolute atomic E-state index is 2.52. The number of nitrogens with zero attached hydrogens (tertiary/aromatic N) is 2. The van der Waals surface area contributed by atoms with Gasteiger partial charge in [-0.25, -0.2) is 0 Å². The van der Waals surface area contributed by atoms with Gasteiger partial charge in [-0.15, -0.1) is 0 Å². The first-order valence-corrected chi connectivity index (χ1v) is 7.24. The molecule has 0 radical (unpaired) electrons. The molecule has 0 spiro atoms. The molecule has 2 nitrogen and oxygen atoms in total. The molecule has 100 valence electrons. The van der Waals surface area contributed by atoms with Gasteiger partial charge in [0.1, 0.15) is 0 Å². The zero-order chi connectivity index (χ0) is 12.8. The summed E-state index contributed by atoms with van der Waals surface area (Å²) in [5.74, 6) is 0. The number of rotatable bonds is 5. The zero-order valence-corrected chi connectivity index (χ0v) is 11.9. The van der Waals surface area contributed by atoms with Crippen LogP contribution >= 0.6 is 0 Å². The van der Waals surface area contributed by atoms with Gasteiger partial charge in [-0.3, -0.25) is 0 Å². The SMILES string of the molecule is CN(C)CCCc1ccc(N2CCCCC2)cc1. The van der Waals surface area contributed by atoms with Gasteiger partial charge in [0.25, 0.3) is 0 Å². The molecule has 0 bridgehead atoms. The second-order valence-electron chi connectivity index (χ2n) is 5.62. The molecule has 0 unspecified atom stereocenters. The van der Waals surface area contributed by atoms with Crippen LogP contribution in [0.2, 0.25) is 0 Å². The molecule has 18 heavy (non-hydrogen) atoms. The molecule has 1 fully saturated rings. The van der Waals surface area contributed by atoms with Crippen LogP contribution in [0.5, 0.6) is 0 Å². The standard InChI is InChI=1S/C16H26N2/c1-17(2)12-6-7-15-8-10-16(11-9-15)18-13-4-3-5-14-18/h8-11H,3-7,12-14H2,1-2H3. The summed E-state index contributed by atoms with van der Waals surface area (Å²) in [6, 6.07) is 9.21. The molecule has 0 saturated carbocycles. The van der Waals surface area contributed by atoms with E-state index in [1.54, 1.807) is 0 Å². The third-order valence-electron chi connectivity index (χ3n) is 3.73. The minimum Gasteiger partial charge on any atom is -0.372 e. The summed E-state index contributed by atoms with van der Waals surface area (Å²) in [5.41, 5.74) is 2.88. The Labute approximate surface area is 112 Å². The second-order valence-corrected chi connectivity index (χ2v) is 5.62. The molecule has 2 rings (SSSR count). The number of aryl methyl sites for hydroxylation is 1. The van der Waals surface area contributed by atoms with Crippen molar-refractivity contribution in [2.24, 2.45) is 0 Å². The minimum absolute atomic E-state index is 1.17. The van der Waals surface area contributed by atoms with Crippen molar-refractivity contribution in [3.8, 4) is 0 Å². The summed E-state index contributed by atoms with van der Waals surface area (Å²) in [7, 11) is 4.28. The maximum atomic E-state index is 2.52. The van der Waals surface area contributed by atoms with Crippen molar-refractivity contribution >= 4 is 5.69 Å². The van der Waals surface area contributed by atoms with Crippen molar-refractivity contribution in [1.82, 2.24) is 4.90 Å². The summed E-state index contributed by atoms with van der Waals surface area (Å²) >= 11 is 0. The average molecular weight is 246 g/mol. The van der Waals surface area contributed by atoms with Crippen molar-refractivity contribution < 1.29 is 0 Å². The van der Waals surface area contributed by atoms with Crippen LogP contribution in [0.1, 0.15) is 31.2 Å². The van der Waals surface area contributed by atoms with Crippen LogP contribution in [0.3, 0.4) is 0 Å². The maximum Gasteiger partial charge on any atom is 0.0366 e. The Morgan fingerprint density at radius 1 is 1.00 bits per heavy atom. The van der Waals surface area contributed by atoms with Gasteiger partial charge >= 0.3 is 0 Å². The van der Waals surface area contributed by atoms with Crippen LogP contribution in [0.15, 0.2) is 24.3 Å². The molecule has 0 atom stereocenters. The fourth-order valence-electron chi connectivity index (χ4n) is 2.62. The van der Waals surface area contributed by atoms with Gasteiger partial charge in [-0.2, -0.15) is 0 Å². The highest BCUT2D eigenvalue weighted by Gasteiger charge is 2.10. The lowest BCUT2D eigenvalue weighted by molar-refractivity contribution is 0.400. The van der Waals surface area contributed by atoms with E-state index in [1.807, 2.05) is 0 Å². The highest BCUT2D eigenvalue weighted by molar-refractivity contribution is 5.47. The Bertz CT molecular complexity index is 337. The first-order valence-electron chi connectivity index (χ1n) is 7.24. The van der Waals surface area contributed by atoms with Crippen molar-refractivity contribution in [3.63, 3.8) is 0 Å². The van der Waals surface area contributed by atoms with E-state index in [9.17, 15) is 0 Å². The third-order valence-corrected chi connectivity index (χ3v) is 3.73. The molecule has 2 heteroatoms. The van der Waals surface area contributed by atoms with Crippen LogP contribution in [0.4, 0.5) is 5.69 Å². The average Bonchev–Trinajstić information content (AvgIpc) is 2.40. The van der Waals surface area contributed by atoms with Gasteiger partial charge in [0.05, 0.1) is 0 Å². The van der Waals surface area contributed by atoms with Gasteiger partial charge in [0.2, 0.25) is 0 Å². The quantitative estimate of drug-likeness (QED) is 0.787. The van der Waals surface area contributed by atoms with Crippen molar-refractivity contribution in [3.05, 3.63) is 29.8 Å². The number of hydrogen-bond donors (Lipinski definition) is 0. The summed E-state index contributed by atoms with van der Waals surface area (Å²) in [6.07, 6.45) is 6.54. The molecule has 1 saturated heterocycles. The first-order chi connectivity index (χ1) is 8.75. The zero-order valence-electron chi connectivity index (χ0n) is 11.9. The van der Waals surface area contributed by atoms with Crippen molar-refractivity contribution in [2.45, 2.75) is 32.1 Å². The number of hydrogen-bond acceptors (Lipinski definition) is 2. The normalized spacial score (nSPS) is 16.3. The predicted molar refractivity (Wildman–Crippen MR) is 79.4 cm³/mol. The molecule has 0 aliphatic carbocycles. The van der Waals surface area contributed by atoms with Gasteiger partial charge < -0.3 is 9.80 Å². The highest BCUT2D eigenvalue weighted by atomic mass is 15.1. The van der Waals surface area contributed by atoms with E-state index >= 15 is 0 Å². The lowest BCUT2D eigenvalue weighted by atomic mass is 10.1. The smallest absolute Gasteiger partial charge is 0.0366 e. The van der Waals surface area contributed by atoms with Gasteiger partial charge in [0.15, 0.2) is 0 Å². The Hall–Kier alpha value is -1.02. The van der Waals surface area contributed by atoms with E-state index in [0.717, 1.165) is 0 Å². The van der Waals surface area contributed by atoms with E-state index in [-0.39, 0.29) is 0 Å². The largest absolute Gasteiger partial charge is 0.372 e. The lowest BCUT2D eigenvalue weighted by Crippen LogP contribution is -2.29. The molecule has 1 aliphatic rings. The Morgan fingerprint density at radius 2 is 1.67 bits per heavy atom. The molecule has 0 N–H and O–H groups in total. The third kappa shape index (κ3) is 4.02. The Morgan fingerprint density at radius 3 is 2.28 bits per heavy atom. The fraction of sp³-hybridized carbons (Fsp3) is 0.625.